The number of amides is 2. The molecule has 0 saturated carbocycles. The van der Waals surface area contributed by atoms with Gasteiger partial charge >= 0.3 is 6.03 Å². The van der Waals surface area contributed by atoms with Crippen molar-refractivity contribution in [2.45, 2.75) is 25.9 Å². The second-order valence-corrected chi connectivity index (χ2v) is 7.54. The number of nitrogens with one attached hydrogen (secondary N) is 1. The third-order valence-electron chi connectivity index (χ3n) is 4.74. The molecule has 0 bridgehead atoms. The molecule has 140 valence electrons. The summed E-state index contributed by atoms with van der Waals surface area (Å²) in [6.07, 6.45) is 0.878. The lowest BCUT2D eigenvalue weighted by molar-refractivity contribution is 0.133. The highest BCUT2D eigenvalue weighted by molar-refractivity contribution is 7.07. The highest BCUT2D eigenvalue weighted by atomic mass is 32.1. The van der Waals surface area contributed by atoms with Gasteiger partial charge in [0.1, 0.15) is 5.75 Å². The lowest BCUT2D eigenvalue weighted by Crippen LogP contribution is -2.53. The topological polar surface area (TPSA) is 44.8 Å². The van der Waals surface area contributed by atoms with Gasteiger partial charge in [0.2, 0.25) is 0 Å². The second kappa shape index (κ2) is 9.05. The van der Waals surface area contributed by atoms with Crippen LogP contribution < -0.4 is 10.1 Å². The monoisotopic (exact) mass is 373 g/mol. The van der Waals surface area contributed by atoms with E-state index < -0.39 is 0 Å². The molecular formula is C20H27N3O2S. The zero-order chi connectivity index (χ0) is 18.4. The van der Waals surface area contributed by atoms with E-state index in [0.717, 1.165) is 44.9 Å². The Labute approximate surface area is 159 Å². The summed E-state index contributed by atoms with van der Waals surface area (Å²) < 4.78 is 5.43. The molecule has 3 rings (SSSR count). The normalized spacial score (nSPS) is 16.3. The second-order valence-electron chi connectivity index (χ2n) is 6.76. The van der Waals surface area contributed by atoms with Gasteiger partial charge in [-0.2, -0.15) is 11.3 Å². The summed E-state index contributed by atoms with van der Waals surface area (Å²) in [6, 6.07) is 10.4. The van der Waals surface area contributed by atoms with Crippen LogP contribution in [0.3, 0.4) is 0 Å². The molecule has 2 heterocycles. The highest BCUT2D eigenvalue weighted by Gasteiger charge is 2.22. The fourth-order valence-corrected chi connectivity index (χ4v) is 3.98. The summed E-state index contributed by atoms with van der Waals surface area (Å²) in [4.78, 5) is 16.8. The number of urea groups is 1. The maximum Gasteiger partial charge on any atom is 0.317 e. The molecule has 0 spiro atoms. The van der Waals surface area contributed by atoms with Crippen LogP contribution in [-0.2, 0) is 13.0 Å². The van der Waals surface area contributed by atoms with Crippen LogP contribution in [0.2, 0.25) is 0 Å². The molecule has 0 aliphatic carbocycles. The molecule has 1 atom stereocenters. The van der Waals surface area contributed by atoms with Crippen molar-refractivity contribution >= 4 is 17.4 Å². The molecule has 2 amide bonds. The Morgan fingerprint density at radius 1 is 1.23 bits per heavy atom. The van der Waals surface area contributed by atoms with Crippen molar-refractivity contribution in [3.8, 4) is 5.75 Å². The van der Waals surface area contributed by atoms with E-state index >= 15 is 0 Å². The average molecular weight is 374 g/mol. The minimum absolute atomic E-state index is 0.0460. The summed E-state index contributed by atoms with van der Waals surface area (Å²) in [5.74, 6) is 0.926. The molecule has 1 aliphatic rings. The van der Waals surface area contributed by atoms with Crippen molar-refractivity contribution in [3.63, 3.8) is 0 Å². The number of carbonyl (C=O) groups is 1. The maximum absolute atomic E-state index is 12.5. The maximum atomic E-state index is 12.5. The summed E-state index contributed by atoms with van der Waals surface area (Å²) in [7, 11) is 1.71. The van der Waals surface area contributed by atoms with Crippen LogP contribution in [0.4, 0.5) is 4.79 Å². The van der Waals surface area contributed by atoms with Gasteiger partial charge in [0.25, 0.3) is 0 Å². The van der Waals surface area contributed by atoms with Gasteiger partial charge in [-0.05, 0) is 41.8 Å². The third-order valence-corrected chi connectivity index (χ3v) is 5.47. The van der Waals surface area contributed by atoms with Crippen LogP contribution in [0.5, 0.6) is 5.75 Å². The predicted octanol–water partition coefficient (Wildman–Crippen LogP) is 3.22. The number of hydrogen-bond donors (Lipinski definition) is 1. The van der Waals surface area contributed by atoms with Gasteiger partial charge in [0, 0.05) is 44.3 Å². The predicted molar refractivity (Wildman–Crippen MR) is 106 cm³/mol. The third kappa shape index (κ3) is 4.99. The summed E-state index contributed by atoms with van der Waals surface area (Å²) >= 11 is 1.69. The number of para-hydroxylation sites is 1. The van der Waals surface area contributed by atoms with E-state index in [4.69, 9.17) is 4.74 Å². The molecule has 1 saturated heterocycles. The first kappa shape index (κ1) is 18.7. The molecule has 1 unspecified atom stereocenters. The van der Waals surface area contributed by atoms with Crippen LogP contribution in [0, 0.1) is 0 Å². The molecule has 1 fully saturated rings. The van der Waals surface area contributed by atoms with Crippen molar-refractivity contribution in [1.82, 2.24) is 15.1 Å². The van der Waals surface area contributed by atoms with Gasteiger partial charge in [0.05, 0.1) is 7.11 Å². The highest BCUT2D eigenvalue weighted by Crippen LogP contribution is 2.20. The molecule has 1 aromatic heterocycles. The number of thiophene rings is 1. The first-order chi connectivity index (χ1) is 12.7. The van der Waals surface area contributed by atoms with Crippen molar-refractivity contribution < 1.29 is 9.53 Å². The SMILES string of the molecule is COc1ccccc1CN1CCN(C(=O)NC(C)Cc2ccsc2)CC1. The molecule has 6 heteroatoms. The van der Waals surface area contributed by atoms with Crippen LogP contribution in [0.1, 0.15) is 18.1 Å². The molecule has 0 radical (unpaired) electrons. The van der Waals surface area contributed by atoms with Crippen LogP contribution in [0.25, 0.3) is 0 Å². The van der Waals surface area contributed by atoms with Crippen molar-refractivity contribution in [2.24, 2.45) is 0 Å². The summed E-state index contributed by atoms with van der Waals surface area (Å²) in [5.41, 5.74) is 2.47. The fourth-order valence-electron chi connectivity index (χ4n) is 3.30. The minimum Gasteiger partial charge on any atom is -0.496 e. The van der Waals surface area contributed by atoms with E-state index in [2.05, 4.69) is 40.0 Å². The van der Waals surface area contributed by atoms with Crippen LogP contribution >= 0.6 is 11.3 Å². The Bertz CT molecular complexity index is 697. The lowest BCUT2D eigenvalue weighted by atomic mass is 10.1. The Hall–Kier alpha value is -2.05. The summed E-state index contributed by atoms with van der Waals surface area (Å²) in [6.45, 7) is 6.19. The quantitative estimate of drug-likeness (QED) is 0.846. The minimum atomic E-state index is 0.0460. The number of methoxy groups -OCH3 is 1. The Kier molecular flexibility index (Phi) is 6.52. The van der Waals surface area contributed by atoms with Gasteiger partial charge < -0.3 is 15.0 Å². The largest absolute Gasteiger partial charge is 0.496 e. The molecule has 1 aliphatic heterocycles. The van der Waals surface area contributed by atoms with E-state index in [1.807, 2.05) is 23.1 Å². The van der Waals surface area contributed by atoms with E-state index in [0.29, 0.717) is 0 Å². The first-order valence-corrected chi connectivity index (χ1v) is 10.0. The van der Waals surface area contributed by atoms with E-state index in [1.165, 1.54) is 11.1 Å². The first-order valence-electron chi connectivity index (χ1n) is 9.06. The Morgan fingerprint density at radius 2 is 2.00 bits per heavy atom. The molecule has 1 aromatic carbocycles. The number of hydrogen-bond acceptors (Lipinski definition) is 4. The Balaban J connectivity index is 1.45. The van der Waals surface area contributed by atoms with Crippen molar-refractivity contribution in [3.05, 3.63) is 52.2 Å². The van der Waals surface area contributed by atoms with Gasteiger partial charge in [0.15, 0.2) is 0 Å². The standard InChI is InChI=1S/C20H27N3O2S/c1-16(13-17-7-12-26-15-17)21-20(24)23-10-8-22(9-11-23)14-18-5-3-4-6-19(18)25-2/h3-7,12,15-16H,8-11,13-14H2,1-2H3,(H,21,24). The smallest absolute Gasteiger partial charge is 0.317 e. The number of carbonyl (C=O) groups excluding carboxylic acids is 1. The van der Waals surface area contributed by atoms with Crippen molar-refractivity contribution in [1.29, 1.82) is 0 Å². The number of nitrogens with zero attached hydrogens (tertiary/aromatic N) is 2. The summed E-state index contributed by atoms with van der Waals surface area (Å²) in [5, 5.41) is 7.34. The zero-order valence-electron chi connectivity index (χ0n) is 15.5. The number of rotatable bonds is 6. The van der Waals surface area contributed by atoms with E-state index in [-0.39, 0.29) is 12.1 Å². The van der Waals surface area contributed by atoms with Gasteiger partial charge in [-0.25, -0.2) is 4.79 Å². The molecule has 26 heavy (non-hydrogen) atoms. The number of ether oxygens (including phenoxy) is 1. The molecule has 1 N–H and O–H groups in total. The van der Waals surface area contributed by atoms with Gasteiger partial charge in [-0.15, -0.1) is 0 Å². The number of piperazine rings is 1. The van der Waals surface area contributed by atoms with Gasteiger partial charge in [-0.1, -0.05) is 18.2 Å². The van der Waals surface area contributed by atoms with E-state index in [1.54, 1.807) is 18.4 Å². The molecular weight excluding hydrogens is 346 g/mol. The Morgan fingerprint density at radius 3 is 2.69 bits per heavy atom. The van der Waals surface area contributed by atoms with Gasteiger partial charge in [-0.3, -0.25) is 4.90 Å². The molecule has 2 aromatic rings. The van der Waals surface area contributed by atoms with Crippen LogP contribution in [0.15, 0.2) is 41.1 Å². The lowest BCUT2D eigenvalue weighted by Gasteiger charge is -2.35. The van der Waals surface area contributed by atoms with Crippen molar-refractivity contribution in [2.75, 3.05) is 33.3 Å². The zero-order valence-corrected chi connectivity index (χ0v) is 16.3. The van der Waals surface area contributed by atoms with Crippen LogP contribution in [-0.4, -0.2) is 55.2 Å². The fraction of sp³-hybridized carbons (Fsp3) is 0.450. The number of benzene rings is 1. The molecule has 5 nitrogen and oxygen atoms in total. The average Bonchev–Trinajstić information content (AvgIpc) is 3.15. The van der Waals surface area contributed by atoms with E-state index in [9.17, 15) is 4.79 Å².